The van der Waals surface area contributed by atoms with Gasteiger partial charge >= 0.3 is 0 Å². The highest BCUT2D eigenvalue weighted by Gasteiger charge is 2.44. The standard InChI is InChI=1S/C23H27FN4O4/c1-13(2)26-9-8-14(3)28-19(26)12-27-17(10-18(29)21(30)20(27)23(28)32)22(31)25-11-15-4-6-16(24)7-5-15/h4-7,10,13-14,19,30H,8-9,11-12H2,1-3H3,(H,25,31). The SMILES string of the molecule is CC(C)N1CCC(C)N2C(=O)c3c(O)c(=O)cc(C(=O)NCc4ccc(F)cc4)n3CC12. The number of rotatable bonds is 4. The number of pyridine rings is 1. The summed E-state index contributed by atoms with van der Waals surface area (Å²) in [4.78, 5) is 42.7. The van der Waals surface area contributed by atoms with E-state index in [2.05, 4.69) is 10.2 Å². The maximum atomic E-state index is 13.4. The lowest BCUT2D eigenvalue weighted by molar-refractivity contribution is -0.0456. The number of fused-ring (bicyclic) bond motifs is 2. The van der Waals surface area contributed by atoms with E-state index in [0.29, 0.717) is 5.56 Å². The molecule has 1 aromatic heterocycles. The van der Waals surface area contributed by atoms with Gasteiger partial charge < -0.3 is 19.9 Å². The van der Waals surface area contributed by atoms with Gasteiger partial charge in [-0.05, 0) is 44.9 Å². The van der Waals surface area contributed by atoms with Gasteiger partial charge in [0.05, 0.1) is 6.54 Å². The predicted molar refractivity (Wildman–Crippen MR) is 116 cm³/mol. The van der Waals surface area contributed by atoms with E-state index in [9.17, 15) is 23.9 Å². The highest BCUT2D eigenvalue weighted by atomic mass is 19.1. The average molecular weight is 442 g/mol. The van der Waals surface area contributed by atoms with Crippen molar-refractivity contribution in [2.24, 2.45) is 0 Å². The van der Waals surface area contributed by atoms with Crippen LogP contribution < -0.4 is 10.7 Å². The van der Waals surface area contributed by atoms with E-state index in [4.69, 9.17) is 0 Å². The molecule has 2 unspecified atom stereocenters. The molecular weight excluding hydrogens is 415 g/mol. The quantitative estimate of drug-likeness (QED) is 0.754. The van der Waals surface area contributed by atoms with Crippen molar-refractivity contribution in [3.05, 3.63) is 63.3 Å². The van der Waals surface area contributed by atoms with Gasteiger partial charge in [-0.2, -0.15) is 0 Å². The highest BCUT2D eigenvalue weighted by Crippen LogP contribution is 2.32. The molecule has 2 amide bonds. The number of amides is 2. The van der Waals surface area contributed by atoms with E-state index in [0.717, 1.165) is 19.0 Å². The second-order valence-corrected chi connectivity index (χ2v) is 8.67. The third-order valence-corrected chi connectivity index (χ3v) is 6.32. The highest BCUT2D eigenvalue weighted by molar-refractivity contribution is 5.99. The maximum Gasteiger partial charge on any atom is 0.276 e. The molecule has 0 saturated carbocycles. The molecule has 2 aliphatic rings. The van der Waals surface area contributed by atoms with E-state index in [-0.39, 0.29) is 48.5 Å². The summed E-state index contributed by atoms with van der Waals surface area (Å²) in [5.41, 5.74) is -0.229. The van der Waals surface area contributed by atoms with Gasteiger partial charge in [0.2, 0.25) is 5.43 Å². The molecule has 2 aromatic rings. The Bertz CT molecular complexity index is 1110. The third-order valence-electron chi connectivity index (χ3n) is 6.32. The average Bonchev–Trinajstić information content (AvgIpc) is 2.75. The smallest absolute Gasteiger partial charge is 0.276 e. The van der Waals surface area contributed by atoms with Gasteiger partial charge in [-0.15, -0.1) is 0 Å². The van der Waals surface area contributed by atoms with Crippen LogP contribution in [0.1, 0.15) is 53.7 Å². The number of carbonyl (C=O) groups excluding carboxylic acids is 2. The molecule has 1 aromatic carbocycles. The normalized spacial score (nSPS) is 20.8. The first-order chi connectivity index (χ1) is 15.2. The number of carbonyl (C=O) groups is 2. The van der Waals surface area contributed by atoms with E-state index in [1.165, 1.54) is 16.7 Å². The molecule has 0 radical (unpaired) electrons. The Kier molecular flexibility index (Phi) is 5.77. The Hall–Kier alpha value is -3.20. The second-order valence-electron chi connectivity index (χ2n) is 8.67. The summed E-state index contributed by atoms with van der Waals surface area (Å²) in [6.07, 6.45) is 0.493. The molecule has 4 rings (SSSR count). The van der Waals surface area contributed by atoms with Crippen LogP contribution >= 0.6 is 0 Å². The van der Waals surface area contributed by atoms with Crippen molar-refractivity contribution >= 4 is 11.8 Å². The Morgan fingerprint density at radius 3 is 2.59 bits per heavy atom. The maximum absolute atomic E-state index is 13.4. The first-order valence-electron chi connectivity index (χ1n) is 10.8. The molecule has 2 aliphatic heterocycles. The molecule has 8 nitrogen and oxygen atoms in total. The third kappa shape index (κ3) is 3.77. The summed E-state index contributed by atoms with van der Waals surface area (Å²) in [7, 11) is 0. The number of aromatic nitrogens is 1. The van der Waals surface area contributed by atoms with Crippen molar-refractivity contribution in [3.8, 4) is 5.75 Å². The van der Waals surface area contributed by atoms with Gasteiger partial charge in [0.25, 0.3) is 11.8 Å². The van der Waals surface area contributed by atoms with Crippen molar-refractivity contribution in [1.82, 2.24) is 19.7 Å². The fourth-order valence-corrected chi connectivity index (χ4v) is 4.60. The van der Waals surface area contributed by atoms with Crippen LogP contribution in [0.15, 0.2) is 35.1 Å². The van der Waals surface area contributed by atoms with Crippen LogP contribution in [0.4, 0.5) is 4.39 Å². The molecule has 0 spiro atoms. The Morgan fingerprint density at radius 1 is 1.25 bits per heavy atom. The van der Waals surface area contributed by atoms with Crippen molar-refractivity contribution in [2.75, 3.05) is 6.54 Å². The molecule has 1 saturated heterocycles. The van der Waals surface area contributed by atoms with E-state index < -0.39 is 23.0 Å². The molecule has 0 bridgehead atoms. The molecule has 2 atom stereocenters. The fourth-order valence-electron chi connectivity index (χ4n) is 4.60. The topological polar surface area (TPSA) is 94.9 Å². The molecule has 2 N–H and O–H groups in total. The summed E-state index contributed by atoms with van der Waals surface area (Å²) in [5.74, 6) is -2.02. The van der Waals surface area contributed by atoms with Gasteiger partial charge in [0.1, 0.15) is 17.7 Å². The first-order valence-corrected chi connectivity index (χ1v) is 10.8. The van der Waals surface area contributed by atoms with Crippen LogP contribution in [0.2, 0.25) is 0 Å². The fraction of sp³-hybridized carbons (Fsp3) is 0.435. The van der Waals surface area contributed by atoms with Crippen LogP contribution in [-0.2, 0) is 13.1 Å². The molecule has 0 aliphatic carbocycles. The summed E-state index contributed by atoms with van der Waals surface area (Å²) >= 11 is 0. The number of halogens is 1. The summed E-state index contributed by atoms with van der Waals surface area (Å²) in [6, 6.07) is 6.89. The number of benzene rings is 1. The molecule has 170 valence electrons. The number of nitrogens with one attached hydrogen (secondary N) is 1. The second kappa shape index (κ2) is 8.38. The number of aromatic hydroxyl groups is 1. The van der Waals surface area contributed by atoms with Crippen molar-refractivity contribution in [3.63, 3.8) is 0 Å². The summed E-state index contributed by atoms with van der Waals surface area (Å²) in [6.45, 7) is 7.24. The molecule has 9 heteroatoms. The van der Waals surface area contributed by atoms with Crippen LogP contribution in [0.3, 0.4) is 0 Å². The first kappa shape index (κ1) is 22.0. The van der Waals surface area contributed by atoms with Crippen molar-refractivity contribution in [1.29, 1.82) is 0 Å². The van der Waals surface area contributed by atoms with Crippen molar-refractivity contribution in [2.45, 2.75) is 58.5 Å². The van der Waals surface area contributed by atoms with E-state index >= 15 is 0 Å². The number of hydrogen-bond donors (Lipinski definition) is 2. The summed E-state index contributed by atoms with van der Waals surface area (Å²) in [5, 5.41) is 13.2. The largest absolute Gasteiger partial charge is 0.503 e. The lowest BCUT2D eigenvalue weighted by Gasteiger charge is -2.51. The van der Waals surface area contributed by atoms with Crippen molar-refractivity contribution < 1.29 is 19.1 Å². The van der Waals surface area contributed by atoms with Crippen LogP contribution in [-0.4, -0.2) is 56.1 Å². The number of nitrogens with zero attached hydrogens (tertiary/aromatic N) is 3. The Balaban J connectivity index is 1.71. The van der Waals surface area contributed by atoms with Crippen LogP contribution in [0, 0.1) is 5.82 Å². The molecule has 32 heavy (non-hydrogen) atoms. The van der Waals surface area contributed by atoms with Gasteiger partial charge in [0, 0.05) is 31.2 Å². The van der Waals surface area contributed by atoms with Crippen LogP contribution in [0.5, 0.6) is 5.75 Å². The van der Waals surface area contributed by atoms with Gasteiger partial charge in [-0.25, -0.2) is 4.39 Å². The molecule has 1 fully saturated rings. The van der Waals surface area contributed by atoms with Gasteiger partial charge in [-0.3, -0.25) is 19.3 Å². The zero-order valence-corrected chi connectivity index (χ0v) is 18.3. The van der Waals surface area contributed by atoms with Gasteiger partial charge in [-0.1, -0.05) is 12.1 Å². The zero-order valence-electron chi connectivity index (χ0n) is 18.3. The minimum Gasteiger partial charge on any atom is -0.503 e. The summed E-state index contributed by atoms with van der Waals surface area (Å²) < 4.78 is 14.6. The lowest BCUT2D eigenvalue weighted by atomic mass is 10.0. The van der Waals surface area contributed by atoms with Gasteiger partial charge in [0.15, 0.2) is 11.4 Å². The minimum atomic E-state index is -0.777. The lowest BCUT2D eigenvalue weighted by Crippen LogP contribution is -2.65. The van der Waals surface area contributed by atoms with E-state index in [1.807, 2.05) is 20.8 Å². The Labute approximate surface area is 185 Å². The number of hydrogen-bond acceptors (Lipinski definition) is 5. The minimum absolute atomic E-state index is 0.0137. The molecular formula is C23H27FN4O4. The van der Waals surface area contributed by atoms with E-state index in [1.54, 1.807) is 17.0 Å². The Morgan fingerprint density at radius 2 is 1.94 bits per heavy atom. The monoisotopic (exact) mass is 442 g/mol. The predicted octanol–water partition coefficient (Wildman–Crippen LogP) is 1.91. The van der Waals surface area contributed by atoms with Crippen LogP contribution in [0.25, 0.3) is 0 Å². The molecule has 3 heterocycles. The zero-order chi connectivity index (χ0) is 23.2.